The zero-order valence-corrected chi connectivity index (χ0v) is 14.3. The lowest BCUT2D eigenvalue weighted by atomic mass is 10.1. The molecule has 126 valence electrons. The number of carbonyl (C=O) groups is 1. The van der Waals surface area contributed by atoms with Crippen molar-refractivity contribution in [3.05, 3.63) is 0 Å². The maximum atomic E-state index is 11.4. The van der Waals surface area contributed by atoms with Gasteiger partial charge in [-0.1, -0.05) is 64.7 Å². The average Bonchev–Trinajstić information content (AvgIpc) is 2.49. The molecule has 3 N–H and O–H groups in total. The van der Waals surface area contributed by atoms with Crippen molar-refractivity contribution in [1.82, 2.24) is 0 Å². The van der Waals surface area contributed by atoms with Crippen molar-refractivity contribution >= 4 is 5.97 Å². The van der Waals surface area contributed by atoms with Crippen molar-refractivity contribution in [2.24, 2.45) is 0 Å². The van der Waals surface area contributed by atoms with Crippen molar-refractivity contribution < 1.29 is 15.3 Å². The molecule has 0 aliphatic carbocycles. The number of esters is 1. The molecular formula is C18H38NO2+. The molecular weight excluding hydrogens is 262 g/mol. The fourth-order valence-electron chi connectivity index (χ4n) is 2.47. The first-order chi connectivity index (χ1) is 10.3. The summed E-state index contributed by atoms with van der Waals surface area (Å²) in [6, 6.07) is 0. The molecule has 0 aliphatic rings. The standard InChI is InChI=1S/C18H37NO2/c1-2-3-4-5-6-7-8-9-10-14-17-21-18(20)15-12-11-13-16-19/h2-17,19H2,1H3/p+1. The highest BCUT2D eigenvalue weighted by atomic mass is 16.5. The Balaban J connectivity index is 3.09. The van der Waals surface area contributed by atoms with Crippen molar-refractivity contribution in [3.63, 3.8) is 0 Å². The molecule has 0 atom stereocenters. The molecule has 0 aromatic rings. The highest BCUT2D eigenvalue weighted by molar-refractivity contribution is 5.69. The van der Waals surface area contributed by atoms with Gasteiger partial charge in [0.15, 0.2) is 0 Å². The molecule has 0 unspecified atom stereocenters. The van der Waals surface area contributed by atoms with Crippen molar-refractivity contribution in [2.45, 2.75) is 96.8 Å². The van der Waals surface area contributed by atoms with Gasteiger partial charge in [-0.05, 0) is 25.7 Å². The van der Waals surface area contributed by atoms with Crippen LogP contribution in [0.15, 0.2) is 0 Å². The predicted molar refractivity (Wildman–Crippen MR) is 89.0 cm³/mol. The van der Waals surface area contributed by atoms with Crippen LogP contribution in [0.5, 0.6) is 0 Å². The summed E-state index contributed by atoms with van der Waals surface area (Å²) in [6.07, 6.45) is 16.9. The maximum absolute atomic E-state index is 11.4. The van der Waals surface area contributed by atoms with Gasteiger partial charge < -0.3 is 10.5 Å². The Morgan fingerprint density at radius 3 is 1.86 bits per heavy atom. The summed E-state index contributed by atoms with van der Waals surface area (Å²) >= 11 is 0. The number of quaternary nitrogens is 1. The van der Waals surface area contributed by atoms with E-state index in [1.54, 1.807) is 0 Å². The highest BCUT2D eigenvalue weighted by Crippen LogP contribution is 2.10. The van der Waals surface area contributed by atoms with Crippen LogP contribution in [-0.4, -0.2) is 19.1 Å². The first-order valence-corrected chi connectivity index (χ1v) is 9.26. The van der Waals surface area contributed by atoms with Gasteiger partial charge in [0.05, 0.1) is 13.2 Å². The van der Waals surface area contributed by atoms with E-state index in [1.807, 2.05) is 0 Å². The summed E-state index contributed by atoms with van der Waals surface area (Å²) in [5, 5.41) is 0. The number of hydrogen-bond donors (Lipinski definition) is 1. The normalized spacial score (nSPS) is 10.8. The third-order valence-electron chi connectivity index (χ3n) is 3.89. The third kappa shape index (κ3) is 17.4. The van der Waals surface area contributed by atoms with Crippen molar-refractivity contribution in [2.75, 3.05) is 13.2 Å². The zero-order chi connectivity index (χ0) is 15.6. The number of carbonyl (C=O) groups excluding carboxylic acids is 1. The minimum atomic E-state index is -0.0185. The van der Waals surface area contributed by atoms with E-state index in [-0.39, 0.29) is 5.97 Å². The van der Waals surface area contributed by atoms with Gasteiger partial charge in [-0.15, -0.1) is 0 Å². The molecule has 0 saturated carbocycles. The average molecular weight is 301 g/mol. The van der Waals surface area contributed by atoms with E-state index in [0.717, 1.165) is 32.2 Å². The summed E-state index contributed by atoms with van der Waals surface area (Å²) in [4.78, 5) is 11.4. The summed E-state index contributed by atoms with van der Waals surface area (Å²) in [7, 11) is 0. The molecule has 0 aliphatic heterocycles. The second kappa shape index (κ2) is 17.5. The van der Waals surface area contributed by atoms with Crippen LogP contribution >= 0.6 is 0 Å². The number of unbranched alkanes of at least 4 members (excludes halogenated alkanes) is 11. The van der Waals surface area contributed by atoms with Gasteiger partial charge in [-0.2, -0.15) is 0 Å². The van der Waals surface area contributed by atoms with Crippen LogP contribution in [0.1, 0.15) is 96.8 Å². The Morgan fingerprint density at radius 1 is 0.762 bits per heavy atom. The predicted octanol–water partition coefficient (Wildman–Crippen LogP) is 4.25. The summed E-state index contributed by atoms with van der Waals surface area (Å²) in [5.74, 6) is -0.0185. The molecule has 0 radical (unpaired) electrons. The van der Waals surface area contributed by atoms with Crippen molar-refractivity contribution in [1.29, 1.82) is 0 Å². The molecule has 0 amide bonds. The lowest BCUT2D eigenvalue weighted by molar-refractivity contribution is -0.368. The molecule has 3 nitrogen and oxygen atoms in total. The van der Waals surface area contributed by atoms with E-state index < -0.39 is 0 Å². The smallest absolute Gasteiger partial charge is 0.305 e. The molecule has 0 fully saturated rings. The lowest BCUT2D eigenvalue weighted by Gasteiger charge is -2.05. The molecule has 0 aromatic carbocycles. The maximum Gasteiger partial charge on any atom is 0.305 e. The van der Waals surface area contributed by atoms with Crippen molar-refractivity contribution in [3.8, 4) is 0 Å². The quantitative estimate of drug-likeness (QED) is 0.342. The van der Waals surface area contributed by atoms with E-state index in [0.29, 0.717) is 13.0 Å². The molecule has 3 heteroatoms. The fraction of sp³-hybridized carbons (Fsp3) is 0.944. The molecule has 0 rings (SSSR count). The van der Waals surface area contributed by atoms with E-state index in [1.165, 1.54) is 57.8 Å². The zero-order valence-electron chi connectivity index (χ0n) is 14.3. The van der Waals surface area contributed by atoms with Crippen LogP contribution in [-0.2, 0) is 9.53 Å². The Morgan fingerprint density at radius 2 is 1.29 bits per heavy atom. The first-order valence-electron chi connectivity index (χ1n) is 9.26. The van der Waals surface area contributed by atoms with Gasteiger partial charge in [0.2, 0.25) is 0 Å². The van der Waals surface area contributed by atoms with Gasteiger partial charge in [0.25, 0.3) is 0 Å². The van der Waals surface area contributed by atoms with Crippen LogP contribution in [0.3, 0.4) is 0 Å². The third-order valence-corrected chi connectivity index (χ3v) is 3.89. The van der Waals surface area contributed by atoms with E-state index >= 15 is 0 Å². The van der Waals surface area contributed by atoms with Gasteiger partial charge in [-0.3, -0.25) is 4.79 Å². The highest BCUT2D eigenvalue weighted by Gasteiger charge is 2.02. The van der Waals surface area contributed by atoms with Gasteiger partial charge in [0, 0.05) is 6.42 Å². The minimum Gasteiger partial charge on any atom is -0.466 e. The van der Waals surface area contributed by atoms with E-state index in [4.69, 9.17) is 4.74 Å². The summed E-state index contributed by atoms with van der Waals surface area (Å²) in [6.45, 7) is 3.84. The van der Waals surface area contributed by atoms with Crippen LogP contribution in [0.2, 0.25) is 0 Å². The molecule has 21 heavy (non-hydrogen) atoms. The minimum absolute atomic E-state index is 0.0185. The first kappa shape index (κ1) is 20.4. The Hall–Kier alpha value is -0.570. The number of hydrogen-bond acceptors (Lipinski definition) is 2. The number of rotatable bonds is 16. The van der Waals surface area contributed by atoms with Gasteiger partial charge in [0.1, 0.15) is 0 Å². The topological polar surface area (TPSA) is 53.9 Å². The van der Waals surface area contributed by atoms with Crippen LogP contribution in [0, 0.1) is 0 Å². The molecule has 0 spiro atoms. The van der Waals surface area contributed by atoms with Gasteiger partial charge in [-0.25, -0.2) is 0 Å². The Kier molecular flexibility index (Phi) is 17.0. The Bertz CT molecular complexity index is 219. The van der Waals surface area contributed by atoms with Gasteiger partial charge >= 0.3 is 5.97 Å². The monoisotopic (exact) mass is 300 g/mol. The second-order valence-corrected chi connectivity index (χ2v) is 6.07. The molecule has 0 saturated heterocycles. The van der Waals surface area contributed by atoms with E-state index in [9.17, 15) is 4.79 Å². The summed E-state index contributed by atoms with van der Waals surface area (Å²) < 4.78 is 5.24. The second-order valence-electron chi connectivity index (χ2n) is 6.07. The number of ether oxygens (including phenoxy) is 1. The molecule has 0 aromatic heterocycles. The van der Waals surface area contributed by atoms with Crippen LogP contribution in [0.4, 0.5) is 0 Å². The molecule has 0 bridgehead atoms. The van der Waals surface area contributed by atoms with Crippen LogP contribution in [0.25, 0.3) is 0 Å². The fourth-order valence-corrected chi connectivity index (χ4v) is 2.47. The lowest BCUT2D eigenvalue weighted by Crippen LogP contribution is -2.50. The van der Waals surface area contributed by atoms with E-state index in [2.05, 4.69) is 12.7 Å². The Labute approximate surface area is 132 Å². The molecule has 0 heterocycles. The summed E-state index contributed by atoms with van der Waals surface area (Å²) in [5.41, 5.74) is 3.80. The SMILES string of the molecule is CCCCCCCCCCCCOC(=O)CCCCC[NH3+]. The van der Waals surface area contributed by atoms with Crippen LogP contribution < -0.4 is 5.73 Å². The largest absolute Gasteiger partial charge is 0.466 e.